The van der Waals surface area contributed by atoms with Crippen molar-refractivity contribution in [3.63, 3.8) is 0 Å². The zero-order valence-electron chi connectivity index (χ0n) is 14.8. The SMILES string of the molecule is CCCCCCCCCCCC[NH+]1CCC(CCC)C1.[Cl-]. The predicted molar refractivity (Wildman–Crippen MR) is 90.4 cm³/mol. The summed E-state index contributed by atoms with van der Waals surface area (Å²) in [6.07, 6.45) is 19.0. The van der Waals surface area contributed by atoms with Crippen molar-refractivity contribution in [2.24, 2.45) is 5.92 Å². The number of unbranched alkanes of at least 4 members (excludes halogenated alkanes) is 9. The number of nitrogens with one attached hydrogen (secondary N) is 1. The topological polar surface area (TPSA) is 4.44 Å². The molecule has 0 spiro atoms. The Morgan fingerprint density at radius 2 is 1.33 bits per heavy atom. The first-order valence-electron chi connectivity index (χ1n) is 9.70. The summed E-state index contributed by atoms with van der Waals surface area (Å²) in [5.41, 5.74) is 0. The third kappa shape index (κ3) is 11.5. The summed E-state index contributed by atoms with van der Waals surface area (Å²) in [5, 5.41) is 0. The number of likely N-dealkylation sites (tertiary alicyclic amines) is 1. The zero-order valence-corrected chi connectivity index (χ0v) is 15.5. The lowest BCUT2D eigenvalue weighted by Crippen LogP contribution is -3.10. The quantitative estimate of drug-likeness (QED) is 0.492. The molecule has 1 aliphatic heterocycles. The van der Waals surface area contributed by atoms with Gasteiger partial charge in [0.2, 0.25) is 0 Å². The molecule has 0 aromatic rings. The Bertz CT molecular complexity index is 208. The maximum atomic E-state index is 2.33. The number of quaternary nitrogens is 1. The average Bonchev–Trinajstić information content (AvgIpc) is 2.89. The molecule has 2 atom stereocenters. The first kappa shape index (κ1) is 21.2. The summed E-state index contributed by atoms with van der Waals surface area (Å²) in [4.78, 5) is 1.91. The highest BCUT2D eigenvalue weighted by atomic mass is 35.5. The summed E-state index contributed by atoms with van der Waals surface area (Å²) < 4.78 is 0. The minimum Gasteiger partial charge on any atom is -1.00 e. The van der Waals surface area contributed by atoms with Crippen molar-refractivity contribution in [1.29, 1.82) is 0 Å². The van der Waals surface area contributed by atoms with Crippen LogP contribution in [0.3, 0.4) is 0 Å². The molecule has 0 bridgehead atoms. The van der Waals surface area contributed by atoms with Crippen LogP contribution in [-0.4, -0.2) is 19.6 Å². The molecular weight excluding hydrogens is 278 g/mol. The Hall–Kier alpha value is 0.250. The Labute approximate surface area is 140 Å². The Morgan fingerprint density at radius 1 is 0.762 bits per heavy atom. The Kier molecular flexibility index (Phi) is 15.3. The average molecular weight is 318 g/mol. The lowest BCUT2D eigenvalue weighted by Gasteiger charge is -2.13. The molecule has 1 aliphatic rings. The normalized spacial score (nSPS) is 21.4. The number of hydrogen-bond donors (Lipinski definition) is 1. The molecule has 2 heteroatoms. The van der Waals surface area contributed by atoms with E-state index in [1.54, 1.807) is 0 Å². The van der Waals surface area contributed by atoms with E-state index < -0.39 is 0 Å². The third-order valence-corrected chi connectivity index (χ3v) is 5.06. The summed E-state index contributed by atoms with van der Waals surface area (Å²) in [5.74, 6) is 1.05. The molecule has 1 nitrogen and oxygen atoms in total. The molecule has 2 unspecified atom stereocenters. The minimum absolute atomic E-state index is 0. The highest BCUT2D eigenvalue weighted by Gasteiger charge is 2.24. The molecular formula is C19H40ClN. The smallest absolute Gasteiger partial charge is 0.0801 e. The monoisotopic (exact) mass is 317 g/mol. The second kappa shape index (κ2) is 15.2. The summed E-state index contributed by atoms with van der Waals surface area (Å²) in [7, 11) is 0. The maximum Gasteiger partial charge on any atom is 0.0801 e. The van der Waals surface area contributed by atoms with Gasteiger partial charge in [0.1, 0.15) is 0 Å². The first-order chi connectivity index (χ1) is 9.86. The molecule has 21 heavy (non-hydrogen) atoms. The molecule has 0 aromatic carbocycles. The molecule has 1 saturated heterocycles. The number of halogens is 1. The molecule has 0 amide bonds. The van der Waals surface area contributed by atoms with Gasteiger partial charge in [0.15, 0.2) is 0 Å². The van der Waals surface area contributed by atoms with Gasteiger partial charge in [0.05, 0.1) is 19.6 Å². The Morgan fingerprint density at radius 3 is 1.90 bits per heavy atom. The van der Waals surface area contributed by atoms with Crippen LogP contribution >= 0.6 is 0 Å². The summed E-state index contributed by atoms with van der Waals surface area (Å²) in [6, 6.07) is 0. The maximum absolute atomic E-state index is 2.33. The number of hydrogen-bond acceptors (Lipinski definition) is 0. The molecule has 1 rings (SSSR count). The van der Waals surface area contributed by atoms with Crippen LogP contribution in [0.15, 0.2) is 0 Å². The lowest BCUT2D eigenvalue weighted by atomic mass is 10.0. The highest BCUT2D eigenvalue weighted by molar-refractivity contribution is 4.61. The van der Waals surface area contributed by atoms with Gasteiger partial charge in [0.25, 0.3) is 0 Å². The largest absolute Gasteiger partial charge is 1.00 e. The van der Waals surface area contributed by atoms with E-state index in [0.717, 1.165) is 5.92 Å². The lowest BCUT2D eigenvalue weighted by molar-refractivity contribution is -0.889. The molecule has 0 saturated carbocycles. The van der Waals surface area contributed by atoms with Gasteiger partial charge in [-0.3, -0.25) is 0 Å². The van der Waals surface area contributed by atoms with Crippen LogP contribution in [-0.2, 0) is 0 Å². The van der Waals surface area contributed by atoms with E-state index in [1.165, 1.54) is 103 Å². The van der Waals surface area contributed by atoms with E-state index in [1.807, 2.05) is 4.90 Å². The Balaban J connectivity index is 0.00000400. The van der Waals surface area contributed by atoms with E-state index in [0.29, 0.717) is 0 Å². The van der Waals surface area contributed by atoms with Crippen LogP contribution in [0.4, 0.5) is 0 Å². The molecule has 1 fully saturated rings. The van der Waals surface area contributed by atoms with E-state index in [2.05, 4.69) is 13.8 Å². The van der Waals surface area contributed by atoms with Gasteiger partial charge in [0, 0.05) is 12.3 Å². The van der Waals surface area contributed by atoms with Crippen LogP contribution in [0.25, 0.3) is 0 Å². The summed E-state index contributed by atoms with van der Waals surface area (Å²) >= 11 is 0. The van der Waals surface area contributed by atoms with E-state index in [-0.39, 0.29) is 12.4 Å². The van der Waals surface area contributed by atoms with E-state index in [4.69, 9.17) is 0 Å². The fourth-order valence-corrected chi connectivity index (χ4v) is 3.76. The van der Waals surface area contributed by atoms with Gasteiger partial charge >= 0.3 is 0 Å². The van der Waals surface area contributed by atoms with Crippen molar-refractivity contribution in [2.75, 3.05) is 19.6 Å². The van der Waals surface area contributed by atoms with Crippen LogP contribution < -0.4 is 17.3 Å². The number of rotatable bonds is 13. The van der Waals surface area contributed by atoms with Crippen LogP contribution in [0.2, 0.25) is 0 Å². The van der Waals surface area contributed by atoms with Crippen molar-refractivity contribution >= 4 is 0 Å². The fraction of sp³-hybridized carbons (Fsp3) is 1.00. The zero-order chi connectivity index (χ0) is 14.5. The second-order valence-corrected chi connectivity index (χ2v) is 7.08. The molecule has 0 aliphatic carbocycles. The fourth-order valence-electron chi connectivity index (χ4n) is 3.76. The molecule has 1 heterocycles. The van der Waals surface area contributed by atoms with Crippen molar-refractivity contribution < 1.29 is 17.3 Å². The molecule has 128 valence electrons. The van der Waals surface area contributed by atoms with Gasteiger partial charge in [-0.25, -0.2) is 0 Å². The van der Waals surface area contributed by atoms with Gasteiger partial charge in [-0.1, -0.05) is 71.6 Å². The van der Waals surface area contributed by atoms with E-state index >= 15 is 0 Å². The molecule has 0 radical (unpaired) electrons. The van der Waals surface area contributed by atoms with Gasteiger partial charge < -0.3 is 17.3 Å². The van der Waals surface area contributed by atoms with Gasteiger partial charge in [-0.2, -0.15) is 0 Å². The molecule has 0 aromatic heterocycles. The summed E-state index contributed by atoms with van der Waals surface area (Å²) in [6.45, 7) is 9.02. The van der Waals surface area contributed by atoms with Crippen LogP contribution in [0.5, 0.6) is 0 Å². The van der Waals surface area contributed by atoms with Crippen molar-refractivity contribution in [3.8, 4) is 0 Å². The van der Waals surface area contributed by atoms with Crippen LogP contribution in [0.1, 0.15) is 97.3 Å². The van der Waals surface area contributed by atoms with Crippen molar-refractivity contribution in [1.82, 2.24) is 0 Å². The predicted octanol–water partition coefficient (Wildman–Crippen LogP) is 1.62. The molecule has 1 N–H and O–H groups in total. The minimum atomic E-state index is 0. The van der Waals surface area contributed by atoms with Gasteiger partial charge in [-0.15, -0.1) is 0 Å². The standard InChI is InChI=1S/C19H39N.ClH/c1-3-5-6-7-8-9-10-11-12-13-16-20-17-15-19(18-20)14-4-2;/h19H,3-18H2,1-2H3;1H. The second-order valence-electron chi connectivity index (χ2n) is 7.08. The highest BCUT2D eigenvalue weighted by Crippen LogP contribution is 2.12. The van der Waals surface area contributed by atoms with E-state index in [9.17, 15) is 0 Å². The van der Waals surface area contributed by atoms with Crippen molar-refractivity contribution in [2.45, 2.75) is 97.3 Å². The van der Waals surface area contributed by atoms with Crippen molar-refractivity contribution in [3.05, 3.63) is 0 Å². The third-order valence-electron chi connectivity index (χ3n) is 5.06. The van der Waals surface area contributed by atoms with Crippen LogP contribution in [0, 0.1) is 5.92 Å². The van der Waals surface area contributed by atoms with Gasteiger partial charge in [-0.05, 0) is 19.3 Å². The first-order valence-corrected chi connectivity index (χ1v) is 9.70.